The van der Waals surface area contributed by atoms with Gasteiger partial charge in [0.25, 0.3) is 0 Å². The Kier molecular flexibility index (Phi) is 5.64. The zero-order valence-corrected chi connectivity index (χ0v) is 17.2. The summed E-state index contributed by atoms with van der Waals surface area (Å²) >= 11 is 0. The van der Waals surface area contributed by atoms with Gasteiger partial charge in [-0.2, -0.15) is 5.26 Å². The molecule has 2 fully saturated rings. The van der Waals surface area contributed by atoms with Crippen LogP contribution in [0.3, 0.4) is 0 Å². The van der Waals surface area contributed by atoms with E-state index in [1.165, 1.54) is 0 Å². The molecule has 0 spiro atoms. The number of piperazine rings is 1. The van der Waals surface area contributed by atoms with Crippen LogP contribution in [0.5, 0.6) is 0 Å². The lowest BCUT2D eigenvalue weighted by molar-refractivity contribution is -0.0908. The average Bonchev–Trinajstić information content (AvgIpc) is 2.63. The van der Waals surface area contributed by atoms with E-state index in [0.717, 1.165) is 12.1 Å². The van der Waals surface area contributed by atoms with Gasteiger partial charge in [-0.25, -0.2) is 9.18 Å². The molecule has 7 heteroatoms. The number of benzene rings is 1. The third-order valence-electron chi connectivity index (χ3n) is 5.35. The van der Waals surface area contributed by atoms with Gasteiger partial charge in [-0.15, -0.1) is 0 Å². The monoisotopic (exact) mass is 389 g/mol. The maximum atomic E-state index is 14.2. The lowest BCUT2D eigenvalue weighted by Gasteiger charge is -2.46. The highest BCUT2D eigenvalue weighted by Gasteiger charge is 2.37. The molecule has 2 atom stereocenters. The van der Waals surface area contributed by atoms with Crippen molar-refractivity contribution in [3.63, 3.8) is 0 Å². The Morgan fingerprint density at radius 2 is 2.04 bits per heavy atom. The van der Waals surface area contributed by atoms with Crippen molar-refractivity contribution in [3.8, 4) is 6.07 Å². The van der Waals surface area contributed by atoms with E-state index in [1.54, 1.807) is 24.8 Å². The first-order chi connectivity index (χ1) is 13.1. The molecule has 2 heterocycles. The zero-order chi connectivity index (χ0) is 20.6. The molecule has 6 nitrogen and oxygen atoms in total. The van der Waals surface area contributed by atoms with E-state index in [1.807, 2.05) is 26.8 Å². The first kappa shape index (κ1) is 20.6. The number of fused-ring (bicyclic) bond motifs is 1. The summed E-state index contributed by atoms with van der Waals surface area (Å²) in [6.45, 7) is 12.0. The fraction of sp³-hybridized carbons (Fsp3) is 0.619. The second-order valence-electron chi connectivity index (χ2n) is 8.61. The van der Waals surface area contributed by atoms with Crippen molar-refractivity contribution in [2.24, 2.45) is 0 Å². The second kappa shape index (κ2) is 7.69. The van der Waals surface area contributed by atoms with E-state index in [9.17, 15) is 14.4 Å². The molecule has 2 unspecified atom stereocenters. The summed E-state index contributed by atoms with van der Waals surface area (Å²) in [4.78, 5) is 16.4. The van der Waals surface area contributed by atoms with Crippen molar-refractivity contribution < 1.29 is 18.7 Å². The van der Waals surface area contributed by atoms with E-state index >= 15 is 0 Å². The van der Waals surface area contributed by atoms with Crippen LogP contribution in [0.2, 0.25) is 0 Å². The van der Waals surface area contributed by atoms with Gasteiger partial charge in [0, 0.05) is 26.2 Å². The lowest BCUT2D eigenvalue weighted by atomic mass is 9.94. The van der Waals surface area contributed by atoms with Gasteiger partial charge in [0.2, 0.25) is 0 Å². The first-order valence-electron chi connectivity index (χ1n) is 9.64. The Morgan fingerprint density at radius 3 is 2.68 bits per heavy atom. The van der Waals surface area contributed by atoms with Crippen molar-refractivity contribution in [2.45, 2.75) is 52.4 Å². The van der Waals surface area contributed by atoms with Crippen LogP contribution in [-0.2, 0) is 9.47 Å². The standard InChI is InChI=1S/C21H28FN3O3/c1-13-8-16(14(2)17(9-23)19(13)22)18-11-24-6-7-25(10-15(24)12-27-18)20(26)28-21(3,4)5/h8,15,18H,6-7,10-12H2,1-5H3. The Bertz CT molecular complexity index is 813. The third kappa shape index (κ3) is 4.13. The summed E-state index contributed by atoms with van der Waals surface area (Å²) in [5, 5.41) is 9.31. The molecule has 0 aliphatic carbocycles. The molecule has 0 saturated carbocycles. The summed E-state index contributed by atoms with van der Waals surface area (Å²) < 4.78 is 25.8. The molecule has 0 aromatic heterocycles. The molecule has 2 saturated heterocycles. The lowest BCUT2D eigenvalue weighted by Crippen LogP contribution is -2.60. The quantitative estimate of drug-likeness (QED) is 0.737. The van der Waals surface area contributed by atoms with Gasteiger partial charge < -0.3 is 14.4 Å². The van der Waals surface area contributed by atoms with Crippen LogP contribution >= 0.6 is 0 Å². The molecule has 152 valence electrons. The molecule has 3 rings (SSSR count). The summed E-state index contributed by atoms with van der Waals surface area (Å²) in [6, 6.07) is 3.87. The fourth-order valence-electron chi connectivity index (χ4n) is 3.84. The van der Waals surface area contributed by atoms with Crippen molar-refractivity contribution in [3.05, 3.63) is 34.1 Å². The van der Waals surface area contributed by atoms with Gasteiger partial charge in [-0.05, 0) is 51.3 Å². The van der Waals surface area contributed by atoms with Gasteiger partial charge >= 0.3 is 6.09 Å². The number of carbonyl (C=O) groups excluding carboxylic acids is 1. The minimum absolute atomic E-state index is 0.0930. The van der Waals surface area contributed by atoms with Crippen LogP contribution < -0.4 is 0 Å². The number of hydrogen-bond acceptors (Lipinski definition) is 5. The molecular weight excluding hydrogens is 361 g/mol. The topological polar surface area (TPSA) is 65.8 Å². The van der Waals surface area contributed by atoms with E-state index in [0.29, 0.717) is 37.4 Å². The van der Waals surface area contributed by atoms with Crippen molar-refractivity contribution >= 4 is 6.09 Å². The number of morpholine rings is 1. The number of nitrogens with zero attached hydrogens (tertiary/aromatic N) is 3. The molecule has 1 amide bonds. The Morgan fingerprint density at radius 1 is 1.32 bits per heavy atom. The third-order valence-corrected chi connectivity index (χ3v) is 5.35. The Hall–Kier alpha value is -2.17. The molecular formula is C21H28FN3O3. The van der Waals surface area contributed by atoms with Crippen molar-refractivity contribution in [1.82, 2.24) is 9.80 Å². The number of nitriles is 1. The van der Waals surface area contributed by atoms with Crippen LogP contribution in [0.15, 0.2) is 6.07 Å². The van der Waals surface area contributed by atoms with Gasteiger partial charge in [-0.3, -0.25) is 4.90 Å². The summed E-state index contributed by atoms with van der Waals surface area (Å²) in [6.07, 6.45) is -0.506. The molecule has 28 heavy (non-hydrogen) atoms. The number of carbonyl (C=O) groups is 1. The number of aryl methyl sites for hydroxylation is 1. The fourth-order valence-corrected chi connectivity index (χ4v) is 3.84. The Labute approximate surface area is 165 Å². The second-order valence-corrected chi connectivity index (χ2v) is 8.61. The molecule has 0 bridgehead atoms. The summed E-state index contributed by atoms with van der Waals surface area (Å²) in [5.41, 5.74) is 1.54. The van der Waals surface area contributed by atoms with Gasteiger partial charge in [0.1, 0.15) is 17.5 Å². The van der Waals surface area contributed by atoms with Crippen LogP contribution in [0.25, 0.3) is 0 Å². The van der Waals surface area contributed by atoms with Gasteiger partial charge in [-0.1, -0.05) is 6.07 Å². The average molecular weight is 389 g/mol. The molecule has 2 aliphatic rings. The summed E-state index contributed by atoms with van der Waals surface area (Å²) in [7, 11) is 0. The largest absolute Gasteiger partial charge is 0.444 e. The highest BCUT2D eigenvalue weighted by molar-refractivity contribution is 5.68. The Balaban J connectivity index is 1.70. The number of halogens is 1. The van der Waals surface area contributed by atoms with E-state index in [4.69, 9.17) is 9.47 Å². The number of rotatable bonds is 1. The highest BCUT2D eigenvalue weighted by Crippen LogP contribution is 2.32. The number of ether oxygens (including phenoxy) is 2. The minimum atomic E-state index is -0.515. The summed E-state index contributed by atoms with van der Waals surface area (Å²) in [5.74, 6) is -0.455. The van der Waals surface area contributed by atoms with Crippen molar-refractivity contribution in [2.75, 3.05) is 32.8 Å². The number of amides is 1. The van der Waals surface area contributed by atoms with Crippen LogP contribution in [-0.4, -0.2) is 60.3 Å². The molecule has 1 aromatic rings. The van der Waals surface area contributed by atoms with E-state index in [2.05, 4.69) is 4.90 Å². The van der Waals surface area contributed by atoms with Crippen LogP contribution in [0.4, 0.5) is 9.18 Å². The first-order valence-corrected chi connectivity index (χ1v) is 9.64. The van der Waals surface area contributed by atoms with Crippen molar-refractivity contribution in [1.29, 1.82) is 5.26 Å². The van der Waals surface area contributed by atoms with E-state index in [-0.39, 0.29) is 23.8 Å². The number of hydrogen-bond donors (Lipinski definition) is 0. The van der Waals surface area contributed by atoms with Gasteiger partial charge in [0.15, 0.2) is 0 Å². The molecule has 2 aliphatic heterocycles. The van der Waals surface area contributed by atoms with Crippen LogP contribution in [0.1, 0.15) is 49.1 Å². The maximum absolute atomic E-state index is 14.2. The maximum Gasteiger partial charge on any atom is 0.410 e. The molecule has 1 aromatic carbocycles. The predicted octanol–water partition coefficient (Wildman–Crippen LogP) is 3.31. The van der Waals surface area contributed by atoms with Crippen LogP contribution in [0, 0.1) is 31.0 Å². The highest BCUT2D eigenvalue weighted by atomic mass is 19.1. The van der Waals surface area contributed by atoms with E-state index < -0.39 is 11.4 Å². The molecule has 0 N–H and O–H groups in total. The SMILES string of the molecule is Cc1cc(C2CN3CCN(C(=O)OC(C)(C)C)CC3CO2)c(C)c(C#N)c1F. The predicted molar refractivity (Wildman–Crippen MR) is 102 cm³/mol. The minimum Gasteiger partial charge on any atom is -0.444 e. The smallest absolute Gasteiger partial charge is 0.410 e. The molecule has 0 radical (unpaired) electrons. The normalized spacial score (nSPS) is 23.1. The van der Waals surface area contributed by atoms with Gasteiger partial charge in [0.05, 0.1) is 24.3 Å². The zero-order valence-electron chi connectivity index (χ0n) is 17.2.